The van der Waals surface area contributed by atoms with Gasteiger partial charge in [-0.2, -0.15) is 0 Å². The molecule has 0 bridgehead atoms. The SMILES string of the molecule is COc1ccccc1NC(C)c1ccc(Cl)c(Cl)c1. The van der Waals surface area contributed by atoms with Crippen LogP contribution in [0.4, 0.5) is 5.69 Å². The van der Waals surface area contributed by atoms with Crippen LogP contribution in [0.5, 0.6) is 5.75 Å². The smallest absolute Gasteiger partial charge is 0.141 e. The van der Waals surface area contributed by atoms with Crippen LogP contribution in [0.2, 0.25) is 10.0 Å². The first-order valence-corrected chi connectivity index (χ1v) is 6.72. The molecule has 0 aromatic heterocycles. The van der Waals surface area contributed by atoms with E-state index < -0.39 is 0 Å². The van der Waals surface area contributed by atoms with Crippen molar-refractivity contribution >= 4 is 28.9 Å². The lowest BCUT2D eigenvalue weighted by molar-refractivity contribution is 0.416. The first-order valence-electron chi connectivity index (χ1n) is 5.96. The molecule has 0 aliphatic carbocycles. The van der Waals surface area contributed by atoms with Crippen LogP contribution in [0.3, 0.4) is 0 Å². The normalized spacial score (nSPS) is 12.0. The van der Waals surface area contributed by atoms with E-state index in [1.54, 1.807) is 13.2 Å². The van der Waals surface area contributed by atoms with Gasteiger partial charge in [-0.25, -0.2) is 0 Å². The summed E-state index contributed by atoms with van der Waals surface area (Å²) in [5.41, 5.74) is 2.02. The van der Waals surface area contributed by atoms with Gasteiger partial charge in [-0.1, -0.05) is 41.4 Å². The highest BCUT2D eigenvalue weighted by molar-refractivity contribution is 6.42. The van der Waals surface area contributed by atoms with Crippen molar-refractivity contribution in [2.75, 3.05) is 12.4 Å². The Bertz CT molecular complexity index is 572. The number of para-hydroxylation sites is 2. The fourth-order valence-corrected chi connectivity index (χ4v) is 2.17. The molecule has 0 aliphatic heterocycles. The lowest BCUT2D eigenvalue weighted by Crippen LogP contribution is -2.07. The highest BCUT2D eigenvalue weighted by Crippen LogP contribution is 2.30. The van der Waals surface area contributed by atoms with Gasteiger partial charge in [-0.15, -0.1) is 0 Å². The second-order valence-corrected chi connectivity index (χ2v) is 5.05. The molecule has 1 N–H and O–H groups in total. The van der Waals surface area contributed by atoms with Crippen LogP contribution in [0.25, 0.3) is 0 Å². The average molecular weight is 296 g/mol. The highest BCUT2D eigenvalue weighted by atomic mass is 35.5. The molecule has 100 valence electrons. The first kappa shape index (κ1) is 14.0. The van der Waals surface area contributed by atoms with Gasteiger partial charge in [0.25, 0.3) is 0 Å². The molecule has 0 saturated carbocycles. The molecule has 0 fully saturated rings. The molecule has 4 heteroatoms. The zero-order valence-corrected chi connectivity index (χ0v) is 12.3. The molecule has 0 saturated heterocycles. The minimum atomic E-state index is 0.103. The summed E-state index contributed by atoms with van der Waals surface area (Å²) in [5.74, 6) is 0.814. The van der Waals surface area contributed by atoms with Crippen molar-refractivity contribution in [2.45, 2.75) is 13.0 Å². The predicted octanol–water partition coefficient (Wildman–Crippen LogP) is 5.18. The molecule has 2 nitrogen and oxygen atoms in total. The molecular weight excluding hydrogens is 281 g/mol. The van der Waals surface area contributed by atoms with Gasteiger partial charge in [0.15, 0.2) is 0 Å². The van der Waals surface area contributed by atoms with Gasteiger partial charge in [0.2, 0.25) is 0 Å². The molecule has 1 atom stereocenters. The molecule has 19 heavy (non-hydrogen) atoms. The van der Waals surface area contributed by atoms with E-state index in [1.165, 1.54) is 0 Å². The number of rotatable bonds is 4. The second-order valence-electron chi connectivity index (χ2n) is 4.24. The number of ether oxygens (including phenoxy) is 1. The van der Waals surface area contributed by atoms with Crippen molar-refractivity contribution in [3.8, 4) is 5.75 Å². The molecule has 0 amide bonds. The van der Waals surface area contributed by atoms with E-state index in [-0.39, 0.29) is 6.04 Å². The Kier molecular flexibility index (Phi) is 4.56. The number of halogens is 2. The Hall–Kier alpha value is -1.38. The maximum atomic E-state index is 6.04. The van der Waals surface area contributed by atoms with Gasteiger partial charge in [0.05, 0.1) is 22.8 Å². The molecule has 0 aliphatic rings. The highest BCUT2D eigenvalue weighted by Gasteiger charge is 2.10. The van der Waals surface area contributed by atoms with E-state index in [4.69, 9.17) is 27.9 Å². The summed E-state index contributed by atoms with van der Waals surface area (Å²) in [4.78, 5) is 0. The third-order valence-electron chi connectivity index (χ3n) is 2.92. The minimum absolute atomic E-state index is 0.103. The second kappa shape index (κ2) is 6.18. The summed E-state index contributed by atoms with van der Waals surface area (Å²) >= 11 is 12.0. The summed E-state index contributed by atoms with van der Waals surface area (Å²) in [5, 5.41) is 4.53. The molecule has 0 spiro atoms. The fourth-order valence-electron chi connectivity index (χ4n) is 1.86. The Labute approximate surface area is 123 Å². The minimum Gasteiger partial charge on any atom is -0.495 e. The first-order chi connectivity index (χ1) is 9.11. The summed E-state index contributed by atoms with van der Waals surface area (Å²) < 4.78 is 5.32. The molecular formula is C15H15Cl2NO. The number of hydrogen-bond donors (Lipinski definition) is 1. The van der Waals surface area contributed by atoms with Crippen molar-refractivity contribution in [1.82, 2.24) is 0 Å². The van der Waals surface area contributed by atoms with Gasteiger partial charge in [-0.05, 0) is 36.8 Å². The van der Waals surface area contributed by atoms with Crippen LogP contribution < -0.4 is 10.1 Å². The average Bonchev–Trinajstić information content (AvgIpc) is 2.42. The number of anilines is 1. The van der Waals surface area contributed by atoms with Crippen molar-refractivity contribution < 1.29 is 4.74 Å². The van der Waals surface area contributed by atoms with Crippen LogP contribution in [0.1, 0.15) is 18.5 Å². The third kappa shape index (κ3) is 3.34. The third-order valence-corrected chi connectivity index (χ3v) is 3.66. The molecule has 1 unspecified atom stereocenters. The van der Waals surface area contributed by atoms with E-state index in [9.17, 15) is 0 Å². The van der Waals surface area contributed by atoms with Crippen molar-refractivity contribution in [3.05, 3.63) is 58.1 Å². The van der Waals surface area contributed by atoms with E-state index >= 15 is 0 Å². The van der Waals surface area contributed by atoms with Gasteiger partial charge < -0.3 is 10.1 Å². The Morgan fingerprint density at radius 2 is 1.79 bits per heavy atom. The lowest BCUT2D eigenvalue weighted by atomic mass is 10.1. The fraction of sp³-hybridized carbons (Fsp3) is 0.200. The largest absolute Gasteiger partial charge is 0.495 e. The topological polar surface area (TPSA) is 21.3 Å². The summed E-state index contributed by atoms with van der Waals surface area (Å²) in [6.45, 7) is 2.06. The number of nitrogens with one attached hydrogen (secondary N) is 1. The molecule has 2 rings (SSSR count). The van der Waals surface area contributed by atoms with Gasteiger partial charge in [0, 0.05) is 6.04 Å². The predicted molar refractivity (Wildman–Crippen MR) is 81.5 cm³/mol. The van der Waals surface area contributed by atoms with E-state index in [2.05, 4.69) is 12.2 Å². The molecule has 2 aromatic rings. The zero-order valence-electron chi connectivity index (χ0n) is 10.8. The van der Waals surface area contributed by atoms with Crippen molar-refractivity contribution in [2.24, 2.45) is 0 Å². The Morgan fingerprint density at radius 1 is 1.05 bits per heavy atom. The van der Waals surface area contributed by atoms with Crippen molar-refractivity contribution in [1.29, 1.82) is 0 Å². The van der Waals surface area contributed by atoms with E-state index in [0.29, 0.717) is 10.0 Å². The quantitative estimate of drug-likeness (QED) is 0.839. The van der Waals surface area contributed by atoms with Crippen LogP contribution in [0, 0.1) is 0 Å². The summed E-state index contributed by atoms with van der Waals surface area (Å²) in [6.07, 6.45) is 0. The lowest BCUT2D eigenvalue weighted by Gasteiger charge is -2.18. The molecule has 0 radical (unpaired) electrons. The Morgan fingerprint density at radius 3 is 2.47 bits per heavy atom. The van der Waals surface area contributed by atoms with E-state index in [0.717, 1.165) is 17.0 Å². The van der Waals surface area contributed by atoms with E-state index in [1.807, 2.05) is 36.4 Å². The van der Waals surface area contributed by atoms with Gasteiger partial charge in [-0.3, -0.25) is 0 Å². The van der Waals surface area contributed by atoms with Crippen LogP contribution >= 0.6 is 23.2 Å². The maximum absolute atomic E-state index is 6.04. The number of benzene rings is 2. The summed E-state index contributed by atoms with van der Waals surface area (Å²) in [6, 6.07) is 13.5. The Balaban J connectivity index is 2.20. The van der Waals surface area contributed by atoms with Crippen LogP contribution in [-0.4, -0.2) is 7.11 Å². The standard InChI is InChI=1S/C15H15Cl2NO/c1-10(11-7-8-12(16)13(17)9-11)18-14-5-3-4-6-15(14)19-2/h3-10,18H,1-2H3. The monoisotopic (exact) mass is 295 g/mol. The molecule has 2 aromatic carbocycles. The molecule has 0 heterocycles. The van der Waals surface area contributed by atoms with Gasteiger partial charge in [0.1, 0.15) is 5.75 Å². The van der Waals surface area contributed by atoms with Gasteiger partial charge >= 0.3 is 0 Å². The zero-order chi connectivity index (χ0) is 13.8. The van der Waals surface area contributed by atoms with Crippen molar-refractivity contribution in [3.63, 3.8) is 0 Å². The van der Waals surface area contributed by atoms with Crippen LogP contribution in [0.15, 0.2) is 42.5 Å². The van der Waals surface area contributed by atoms with Crippen LogP contribution in [-0.2, 0) is 0 Å². The summed E-state index contributed by atoms with van der Waals surface area (Å²) in [7, 11) is 1.66. The number of hydrogen-bond acceptors (Lipinski definition) is 2. The maximum Gasteiger partial charge on any atom is 0.141 e. The number of methoxy groups -OCH3 is 1.